The van der Waals surface area contributed by atoms with Gasteiger partial charge in [0.2, 0.25) is 0 Å². The van der Waals surface area contributed by atoms with Crippen LogP contribution in [0, 0.1) is 0 Å². The predicted octanol–water partition coefficient (Wildman–Crippen LogP) is 4.16. The van der Waals surface area contributed by atoms with Crippen molar-refractivity contribution < 1.29 is 13.8 Å². The van der Waals surface area contributed by atoms with Gasteiger partial charge in [-0.25, -0.2) is 0 Å². The van der Waals surface area contributed by atoms with Crippen molar-refractivity contribution >= 4 is 18.0 Å². The maximum atomic E-state index is 7.13. The van der Waals surface area contributed by atoms with E-state index < -0.39 is 13.8 Å². The fraction of sp³-hybridized carbons (Fsp3) is 0.250. The zero-order valence-electron chi connectivity index (χ0n) is 10.6. The molecule has 0 aliphatic carbocycles. The van der Waals surface area contributed by atoms with E-state index in [-0.39, 0.29) is 0 Å². The molecule has 0 fully saturated rings. The van der Waals surface area contributed by atoms with Crippen molar-refractivity contribution in [3.8, 4) is 0 Å². The Morgan fingerprint density at radius 1 is 0.833 bits per heavy atom. The van der Waals surface area contributed by atoms with Crippen molar-refractivity contribution in [1.82, 2.24) is 0 Å². The van der Waals surface area contributed by atoms with Crippen LogP contribution in [0.25, 0.3) is 0 Å². The second-order valence-electron chi connectivity index (χ2n) is 4.09. The van der Waals surface area contributed by atoms with Crippen LogP contribution in [-0.4, -0.2) is 0 Å². The molecule has 2 aromatic carbocycles. The third-order valence-electron chi connectivity index (χ3n) is 2.75. The zero-order valence-corrected chi connectivity index (χ0v) is 13.0. The van der Waals surface area contributed by atoms with Gasteiger partial charge in [-0.1, -0.05) is 0 Å². The summed E-state index contributed by atoms with van der Waals surface area (Å²) in [4.78, 5) is 0. The number of hydrogen-bond donors (Lipinski definition) is 0. The van der Waals surface area contributed by atoms with Gasteiger partial charge in [-0.05, 0) is 0 Å². The molecule has 0 N–H and O–H groups in total. The minimum atomic E-state index is -2.30. The molecule has 0 atom stereocenters. The van der Waals surface area contributed by atoms with Crippen molar-refractivity contribution in [2.45, 2.75) is 24.8 Å². The summed E-state index contributed by atoms with van der Waals surface area (Å²) in [6, 6.07) is 21.3. The summed E-state index contributed by atoms with van der Waals surface area (Å²) in [5.41, 5.74) is 0. The van der Waals surface area contributed by atoms with Gasteiger partial charge in [0, 0.05) is 0 Å². The quantitative estimate of drug-likeness (QED) is 0.711. The summed E-state index contributed by atoms with van der Waals surface area (Å²) >= 11 is -2.30. The fourth-order valence-corrected chi connectivity index (χ4v) is 8.50. The Bertz CT molecular complexity index is 427. The molecule has 0 saturated heterocycles. The molecule has 0 unspecified atom stereocenters. The van der Waals surface area contributed by atoms with Gasteiger partial charge in [0.25, 0.3) is 0 Å². The molecule has 18 heavy (non-hydrogen) atoms. The first-order valence-electron chi connectivity index (χ1n) is 6.22. The maximum absolute atomic E-state index is 7.13. The first-order chi connectivity index (χ1) is 8.77. The van der Waals surface area contributed by atoms with E-state index in [4.69, 9.17) is 9.69 Å². The zero-order chi connectivity index (χ0) is 12.8. The second-order valence-corrected chi connectivity index (χ2v) is 12.0. The van der Waals surface area contributed by atoms with Gasteiger partial charge in [0.05, 0.1) is 0 Å². The van der Waals surface area contributed by atoms with Gasteiger partial charge in [0.15, 0.2) is 0 Å². The molecule has 0 amide bonds. The molecule has 0 radical (unpaired) electrons. The van der Waals surface area contributed by atoms with Gasteiger partial charge in [0.1, 0.15) is 0 Å². The van der Waals surface area contributed by atoms with Gasteiger partial charge >= 0.3 is 117 Å². The van der Waals surface area contributed by atoms with Crippen molar-refractivity contribution in [2.24, 2.45) is 0 Å². The van der Waals surface area contributed by atoms with Crippen LogP contribution in [-0.2, 0) is 13.8 Å². The Kier molecular flexibility index (Phi) is 4.97. The standard InChI is InChI=1S/2C6H5.C4H9.ClH.Rh/c2*1-2-4-6-5-3-1;1-3-4-2;;/h2*1-5H;1,3-4H2,2H3;1H;/q;;;;+1/p-1. The van der Waals surface area contributed by atoms with Crippen LogP contribution in [0.2, 0.25) is 5.02 Å². The Morgan fingerprint density at radius 3 is 1.67 bits per heavy atom. The molecule has 0 aliphatic rings. The van der Waals surface area contributed by atoms with Crippen LogP contribution in [0.3, 0.4) is 0 Å². The van der Waals surface area contributed by atoms with Crippen LogP contribution in [0.4, 0.5) is 0 Å². The Labute approximate surface area is 117 Å². The summed E-state index contributed by atoms with van der Waals surface area (Å²) < 4.78 is 2.69. The van der Waals surface area contributed by atoms with E-state index >= 15 is 0 Å². The Hall–Kier alpha value is -0.647. The van der Waals surface area contributed by atoms with Crippen molar-refractivity contribution in [3.05, 3.63) is 60.7 Å². The van der Waals surface area contributed by atoms with Crippen LogP contribution < -0.4 is 8.32 Å². The van der Waals surface area contributed by atoms with E-state index in [0.29, 0.717) is 0 Å². The van der Waals surface area contributed by atoms with Crippen molar-refractivity contribution in [2.75, 3.05) is 0 Å². The molecule has 2 heteroatoms. The van der Waals surface area contributed by atoms with Crippen molar-refractivity contribution in [1.29, 1.82) is 0 Å². The van der Waals surface area contributed by atoms with Gasteiger partial charge in [-0.2, -0.15) is 0 Å². The number of rotatable bonds is 5. The summed E-state index contributed by atoms with van der Waals surface area (Å²) in [5.74, 6) is 0. The minimum absolute atomic E-state index is 1.13. The normalized spacial score (nSPS) is 12.3. The van der Waals surface area contributed by atoms with Gasteiger partial charge in [-0.3, -0.25) is 0 Å². The van der Waals surface area contributed by atoms with Crippen LogP contribution in [0.5, 0.6) is 0 Å². The van der Waals surface area contributed by atoms with Gasteiger partial charge in [-0.15, -0.1) is 0 Å². The molecule has 2 aromatic rings. The average Bonchev–Trinajstić information content (AvgIpc) is 2.46. The number of halogens is 1. The van der Waals surface area contributed by atoms with E-state index in [9.17, 15) is 0 Å². The Morgan fingerprint density at radius 2 is 1.28 bits per heavy atom. The topological polar surface area (TPSA) is 0 Å². The molecule has 0 spiro atoms. The molecular formula is C16H19ClRh. The predicted molar refractivity (Wildman–Crippen MR) is 77.7 cm³/mol. The molecule has 0 saturated carbocycles. The first-order valence-corrected chi connectivity index (χ1v) is 11.1. The third-order valence-corrected chi connectivity index (χ3v) is 11.0. The summed E-state index contributed by atoms with van der Waals surface area (Å²) in [6.07, 6.45) is 2.40. The van der Waals surface area contributed by atoms with E-state index in [0.717, 1.165) is 5.02 Å². The van der Waals surface area contributed by atoms with E-state index in [2.05, 4.69) is 67.6 Å². The van der Waals surface area contributed by atoms with Crippen LogP contribution in [0.15, 0.2) is 60.7 Å². The molecule has 0 heterocycles. The number of hydrogen-bond acceptors (Lipinski definition) is 0. The monoisotopic (exact) mass is 349 g/mol. The fourth-order valence-electron chi connectivity index (χ4n) is 1.75. The van der Waals surface area contributed by atoms with E-state index in [1.807, 2.05) is 0 Å². The average molecular weight is 350 g/mol. The summed E-state index contributed by atoms with van der Waals surface area (Å²) in [5, 5.41) is 1.13. The molecule has 2 rings (SSSR count). The van der Waals surface area contributed by atoms with Crippen LogP contribution in [0.1, 0.15) is 19.8 Å². The molecule has 0 bridgehead atoms. The first kappa shape index (κ1) is 13.8. The molecular weight excluding hydrogens is 331 g/mol. The summed E-state index contributed by atoms with van der Waals surface area (Å²) in [7, 11) is 7.13. The summed E-state index contributed by atoms with van der Waals surface area (Å²) in [6.45, 7) is 2.23. The number of unbranched alkanes of at least 4 members (excludes halogenated alkanes) is 1. The Balaban J connectivity index is 2.41. The van der Waals surface area contributed by atoms with E-state index in [1.54, 1.807) is 0 Å². The molecule has 0 aliphatic heterocycles. The van der Waals surface area contributed by atoms with E-state index in [1.165, 1.54) is 21.2 Å². The molecule has 0 nitrogen and oxygen atoms in total. The van der Waals surface area contributed by atoms with Gasteiger partial charge < -0.3 is 0 Å². The van der Waals surface area contributed by atoms with Crippen LogP contribution >= 0.6 is 9.69 Å². The number of benzene rings is 2. The van der Waals surface area contributed by atoms with Crippen molar-refractivity contribution in [3.63, 3.8) is 0 Å². The molecule has 0 aromatic heterocycles. The third kappa shape index (κ3) is 3.02. The second kappa shape index (κ2) is 6.50. The molecule has 99 valence electrons. The SMILES string of the molecule is CCC[CH2][Rh]([Cl])([c]1ccccc1)[c]1ccccc1.